The summed E-state index contributed by atoms with van der Waals surface area (Å²) in [5.41, 5.74) is 38.1. The zero-order valence-corrected chi connectivity index (χ0v) is 79.9. The van der Waals surface area contributed by atoms with E-state index >= 15 is 0 Å². The van der Waals surface area contributed by atoms with Crippen LogP contribution in [0, 0.1) is 0 Å². The van der Waals surface area contributed by atoms with E-state index in [0.29, 0.717) is 0 Å². The minimum Gasteiger partial charge on any atom is -0.309 e. The van der Waals surface area contributed by atoms with Gasteiger partial charge in [-0.15, -0.1) is 11.3 Å². The Bertz CT molecular complexity index is 9500. The molecule has 7 heterocycles. The number of nitrogens with zero attached hydrogens (tertiary/aromatic N) is 6. The molecule has 0 N–H and O–H groups in total. The Morgan fingerprint density at radius 3 is 0.572 bits per heavy atom. The van der Waals surface area contributed by atoms with Gasteiger partial charge in [-0.25, -0.2) is 0 Å². The van der Waals surface area contributed by atoms with Crippen LogP contribution in [-0.2, 0) is 0 Å². The fraction of sp³-hybridized carbons (Fsp3) is 0. The van der Waals surface area contributed by atoms with Gasteiger partial charge in [0.15, 0.2) is 0 Å². The van der Waals surface area contributed by atoms with Crippen molar-refractivity contribution in [1.82, 2.24) is 27.4 Å². The van der Waals surface area contributed by atoms with Crippen molar-refractivity contribution in [2.75, 3.05) is 0 Å². The van der Waals surface area contributed by atoms with Crippen LogP contribution in [0.1, 0.15) is 0 Å². The third kappa shape index (κ3) is 14.5. The molecule has 0 fully saturated rings. The van der Waals surface area contributed by atoms with Crippen LogP contribution in [0.5, 0.6) is 0 Å². The molecule has 0 amide bonds. The second-order valence-electron chi connectivity index (χ2n) is 37.8. The molecule has 0 bridgehead atoms. The summed E-state index contributed by atoms with van der Waals surface area (Å²) >= 11 is 1.89. The van der Waals surface area contributed by atoms with Gasteiger partial charge in [0.2, 0.25) is 0 Å². The first-order chi connectivity index (χ1) is 71.9. The molecule has 6 nitrogen and oxygen atoms in total. The van der Waals surface area contributed by atoms with Crippen LogP contribution in [0.3, 0.4) is 0 Å². The summed E-state index contributed by atoms with van der Waals surface area (Å²) < 4.78 is 17.2. The van der Waals surface area contributed by atoms with Crippen molar-refractivity contribution in [1.29, 1.82) is 0 Å². The van der Waals surface area contributed by atoms with Crippen LogP contribution in [0.4, 0.5) is 0 Å². The molecule has 0 radical (unpaired) electrons. The highest BCUT2D eigenvalue weighted by Crippen LogP contribution is 2.48. The zero-order valence-electron chi connectivity index (χ0n) is 79.1. The molecule has 0 aliphatic rings. The van der Waals surface area contributed by atoms with E-state index in [0.717, 1.165) is 39.7 Å². The minimum absolute atomic E-state index is 1.13. The number of hydrogen-bond donors (Lipinski definition) is 0. The maximum Gasteiger partial charge on any atom is 0.0541 e. The predicted octanol–water partition coefficient (Wildman–Crippen LogP) is 37.7. The van der Waals surface area contributed by atoms with Gasteiger partial charge in [0, 0.05) is 119 Å². The normalized spacial score (nSPS) is 11.7. The molecule has 0 aliphatic heterocycles. The minimum atomic E-state index is 1.13. The molecule has 0 spiro atoms. The number of aromatic nitrogens is 6. The SMILES string of the molecule is c1ccc(-c2cc(-c3cccc(-n4c5ccccc5c5ccccc54)c3)cc(-c3cccc(-n4c5ccccc5c5ccccc54)c3)c2)cc1.c1ccc(-c2cc(-c3ccccc3)cc(-c3cc(-n4c5ccccc5c5ccccc54)cc(-n4c5ccccc5c5ccccc54)c3)c2)cc1.c1ccc2c(c1)sc1c(-c3cc(-n4c5ccccc5c5ccccc54)cc(-n4c5ccccc5c5ccccc54)c3)cccc12. The van der Waals surface area contributed by atoms with Gasteiger partial charge in [-0.1, -0.05) is 370 Å². The Morgan fingerprint density at radius 1 is 0.110 bits per heavy atom. The third-order valence-corrected chi connectivity index (χ3v) is 30.6. The zero-order chi connectivity index (χ0) is 95.5. The van der Waals surface area contributed by atoms with Crippen LogP contribution in [0.25, 0.3) is 263 Å². The molecule has 30 aromatic rings. The van der Waals surface area contributed by atoms with Crippen LogP contribution >= 0.6 is 11.3 Å². The quantitative estimate of drug-likeness (QED) is 0.110. The molecule has 678 valence electrons. The monoisotopic (exact) mass is 1860 g/mol. The summed E-state index contributed by atoms with van der Waals surface area (Å²) in [5, 5.41) is 17.8. The average molecular weight is 1860 g/mol. The molecule has 0 saturated heterocycles. The van der Waals surface area contributed by atoms with E-state index in [1.165, 1.54) is 223 Å². The first kappa shape index (κ1) is 84.2. The van der Waals surface area contributed by atoms with Crippen molar-refractivity contribution in [3.8, 4) is 112 Å². The first-order valence-corrected chi connectivity index (χ1v) is 50.6. The summed E-state index contributed by atoms with van der Waals surface area (Å²) in [5.74, 6) is 0. The van der Waals surface area contributed by atoms with E-state index in [9.17, 15) is 0 Å². The number of para-hydroxylation sites is 12. The topological polar surface area (TPSA) is 29.6 Å². The lowest BCUT2D eigenvalue weighted by atomic mass is 9.93. The lowest BCUT2D eigenvalue weighted by molar-refractivity contribution is 1.13. The van der Waals surface area contributed by atoms with Crippen molar-refractivity contribution >= 4 is 162 Å². The van der Waals surface area contributed by atoms with Crippen LogP contribution < -0.4 is 0 Å². The smallest absolute Gasteiger partial charge is 0.0541 e. The van der Waals surface area contributed by atoms with Gasteiger partial charge in [0.05, 0.1) is 66.2 Å². The summed E-state index contributed by atoms with van der Waals surface area (Å²) in [6, 6.07) is 199. The van der Waals surface area contributed by atoms with Gasteiger partial charge in [0.1, 0.15) is 0 Å². The van der Waals surface area contributed by atoms with Crippen molar-refractivity contribution in [2.24, 2.45) is 0 Å². The number of thiophene rings is 1. The molecular weight excluding hydrogens is 1770 g/mol. The highest BCUT2D eigenvalue weighted by atomic mass is 32.1. The van der Waals surface area contributed by atoms with Crippen molar-refractivity contribution in [2.45, 2.75) is 0 Å². The van der Waals surface area contributed by atoms with Crippen molar-refractivity contribution in [3.63, 3.8) is 0 Å². The van der Waals surface area contributed by atoms with Gasteiger partial charge in [-0.3, -0.25) is 0 Å². The van der Waals surface area contributed by atoms with E-state index in [2.05, 4.69) is 573 Å². The largest absolute Gasteiger partial charge is 0.309 e. The Morgan fingerprint density at radius 2 is 0.297 bits per heavy atom. The number of benzene rings is 23. The standard InChI is InChI=1S/2C48H32N2.C42H26N2S/c1-3-15-33(16-4-1)35-27-36(34-17-5-2-6-18-34)29-37(28-35)38-30-39(49-45-23-11-7-19-41(45)42-20-8-12-24-46(42)49)32-40(31-38)50-47-25-13-9-21-43(47)44-22-10-14-26-48(44)50;1-2-14-33(15-3-1)36-28-37(34-16-12-18-39(31-34)49-45-24-8-4-20-41(45)42-21-5-9-25-46(42)49)30-38(29-36)35-17-13-19-40(32-35)50-47-26-10-6-22-43(47)44-23-7-11-27-48(44)50;1-6-19-37-31(12-1)32-13-2-7-20-38(32)43(37)28-24-27(30-17-11-18-36-35-16-5-10-23-41(35)45-42(30)36)25-29(26-28)44-39-21-8-3-14-33(39)34-15-4-9-22-40(34)44/h2*1-32H;1-26H. The maximum absolute atomic E-state index is 2.44. The summed E-state index contributed by atoms with van der Waals surface area (Å²) in [4.78, 5) is 0. The summed E-state index contributed by atoms with van der Waals surface area (Å²) in [6.07, 6.45) is 0. The van der Waals surface area contributed by atoms with E-state index in [1.54, 1.807) is 0 Å². The lowest BCUT2D eigenvalue weighted by Gasteiger charge is -2.17. The number of rotatable bonds is 13. The highest BCUT2D eigenvalue weighted by Gasteiger charge is 2.25. The Hall–Kier alpha value is -18.9. The van der Waals surface area contributed by atoms with Crippen molar-refractivity contribution in [3.05, 3.63) is 546 Å². The highest BCUT2D eigenvalue weighted by molar-refractivity contribution is 7.26. The molecule has 0 saturated carbocycles. The van der Waals surface area contributed by atoms with Gasteiger partial charge < -0.3 is 27.4 Å². The second-order valence-corrected chi connectivity index (χ2v) is 38.8. The Kier molecular flexibility index (Phi) is 20.4. The van der Waals surface area contributed by atoms with Gasteiger partial charge in [-0.05, 0) is 254 Å². The Labute approximate surface area is 841 Å². The molecule has 7 aromatic heterocycles. The molecule has 0 aliphatic carbocycles. The lowest BCUT2D eigenvalue weighted by Crippen LogP contribution is -2.00. The fourth-order valence-electron chi connectivity index (χ4n) is 23.0. The summed E-state index contributed by atoms with van der Waals surface area (Å²) in [7, 11) is 0. The molecular formula is C138H90N6S. The van der Waals surface area contributed by atoms with Gasteiger partial charge in [-0.2, -0.15) is 0 Å². The molecule has 23 aromatic carbocycles. The fourth-order valence-corrected chi connectivity index (χ4v) is 24.2. The Balaban J connectivity index is 0.000000106. The maximum atomic E-state index is 2.44. The van der Waals surface area contributed by atoms with Gasteiger partial charge in [0.25, 0.3) is 0 Å². The average Bonchev–Trinajstić information content (AvgIpc) is 1.55. The molecule has 145 heavy (non-hydrogen) atoms. The van der Waals surface area contributed by atoms with Crippen LogP contribution in [-0.4, -0.2) is 27.4 Å². The van der Waals surface area contributed by atoms with Gasteiger partial charge >= 0.3 is 0 Å². The van der Waals surface area contributed by atoms with E-state index in [1.807, 2.05) is 11.3 Å². The molecule has 7 heteroatoms. The third-order valence-electron chi connectivity index (χ3n) is 29.4. The number of hydrogen-bond acceptors (Lipinski definition) is 1. The molecule has 0 unspecified atom stereocenters. The molecule has 0 atom stereocenters. The van der Waals surface area contributed by atoms with E-state index in [4.69, 9.17) is 0 Å². The molecule has 30 rings (SSSR count). The number of fused-ring (bicyclic) bond motifs is 21. The van der Waals surface area contributed by atoms with Crippen molar-refractivity contribution < 1.29 is 0 Å². The van der Waals surface area contributed by atoms with E-state index in [-0.39, 0.29) is 0 Å². The van der Waals surface area contributed by atoms with Crippen LogP contribution in [0.2, 0.25) is 0 Å². The first-order valence-electron chi connectivity index (χ1n) is 49.7. The summed E-state index contributed by atoms with van der Waals surface area (Å²) in [6.45, 7) is 0. The van der Waals surface area contributed by atoms with E-state index < -0.39 is 0 Å². The second kappa shape index (κ2) is 35.1. The van der Waals surface area contributed by atoms with Crippen LogP contribution in [0.15, 0.2) is 546 Å². The predicted molar refractivity (Wildman–Crippen MR) is 616 cm³/mol.